The molecule has 4 heteroatoms. The Morgan fingerprint density at radius 1 is 1.00 bits per heavy atom. The van der Waals surface area contributed by atoms with Crippen LogP contribution in [0.4, 0.5) is 0 Å². The molecule has 1 amide bonds. The molecule has 0 saturated carbocycles. The van der Waals surface area contributed by atoms with Gasteiger partial charge in [-0.3, -0.25) is 4.79 Å². The van der Waals surface area contributed by atoms with Crippen LogP contribution >= 0.6 is 11.3 Å². The van der Waals surface area contributed by atoms with Crippen LogP contribution in [0.3, 0.4) is 0 Å². The van der Waals surface area contributed by atoms with Gasteiger partial charge in [-0.1, -0.05) is 54.6 Å². The van der Waals surface area contributed by atoms with Crippen molar-refractivity contribution >= 4 is 28.2 Å². The van der Waals surface area contributed by atoms with Gasteiger partial charge in [-0.15, -0.1) is 11.3 Å². The summed E-state index contributed by atoms with van der Waals surface area (Å²) in [6, 6.07) is 23.4. The Morgan fingerprint density at radius 2 is 1.80 bits per heavy atom. The highest BCUT2D eigenvalue weighted by Gasteiger charge is 2.21. The summed E-state index contributed by atoms with van der Waals surface area (Å²) < 4.78 is 6.01. The Morgan fingerprint density at radius 3 is 2.56 bits per heavy atom. The number of fused-ring (bicyclic) bond motifs is 1. The molecule has 1 N–H and O–H groups in total. The fourth-order valence-electron chi connectivity index (χ4n) is 2.89. The Balaban J connectivity index is 1.65. The van der Waals surface area contributed by atoms with Crippen LogP contribution in [0, 0.1) is 0 Å². The standard InChI is InChI=1S/C21H17NO2S/c23-20(14-17-10-6-12-25-17)22-21(15-7-2-1-3-8-15)19-13-16-9-4-5-11-18(16)24-19/h1-13,21H,14H2,(H,22,23). The number of furan rings is 1. The highest BCUT2D eigenvalue weighted by Crippen LogP contribution is 2.28. The minimum atomic E-state index is -0.305. The Kier molecular flexibility index (Phi) is 4.36. The minimum Gasteiger partial charge on any atom is -0.459 e. The van der Waals surface area contributed by atoms with Gasteiger partial charge in [0.15, 0.2) is 0 Å². The van der Waals surface area contributed by atoms with Gasteiger partial charge in [0.1, 0.15) is 17.4 Å². The lowest BCUT2D eigenvalue weighted by Gasteiger charge is -2.17. The molecule has 4 rings (SSSR count). The maximum absolute atomic E-state index is 12.5. The fraction of sp³-hybridized carbons (Fsp3) is 0.0952. The van der Waals surface area contributed by atoms with Crippen molar-refractivity contribution in [3.05, 3.63) is 94.4 Å². The number of hydrogen-bond acceptors (Lipinski definition) is 3. The molecule has 25 heavy (non-hydrogen) atoms. The number of benzene rings is 2. The van der Waals surface area contributed by atoms with Gasteiger partial charge in [0, 0.05) is 10.3 Å². The quantitative estimate of drug-likeness (QED) is 0.555. The van der Waals surface area contributed by atoms with Crippen LogP contribution in [0.5, 0.6) is 0 Å². The average molecular weight is 347 g/mol. The number of hydrogen-bond donors (Lipinski definition) is 1. The molecule has 124 valence electrons. The second-order valence-corrected chi connectivity index (χ2v) is 6.89. The minimum absolute atomic E-state index is 0.0169. The summed E-state index contributed by atoms with van der Waals surface area (Å²) in [5, 5.41) is 6.14. The van der Waals surface area contributed by atoms with E-state index in [0.717, 1.165) is 27.2 Å². The van der Waals surface area contributed by atoms with E-state index in [2.05, 4.69) is 5.32 Å². The SMILES string of the molecule is O=C(Cc1cccs1)NC(c1ccccc1)c1cc2ccccc2o1. The molecule has 0 bridgehead atoms. The van der Waals surface area contributed by atoms with E-state index in [1.54, 1.807) is 11.3 Å². The second kappa shape index (κ2) is 6.95. The van der Waals surface area contributed by atoms with Crippen LogP contribution < -0.4 is 5.32 Å². The summed E-state index contributed by atoms with van der Waals surface area (Å²) >= 11 is 1.59. The molecular formula is C21H17NO2S. The van der Waals surface area contributed by atoms with Crippen molar-refractivity contribution < 1.29 is 9.21 Å². The van der Waals surface area contributed by atoms with E-state index in [1.807, 2.05) is 78.2 Å². The number of amides is 1. The Hall–Kier alpha value is -2.85. The molecule has 2 heterocycles. The third-order valence-corrected chi connectivity index (χ3v) is 4.96. The molecule has 0 aliphatic rings. The number of nitrogens with one attached hydrogen (secondary N) is 1. The molecular weight excluding hydrogens is 330 g/mol. The van der Waals surface area contributed by atoms with E-state index < -0.39 is 0 Å². The van der Waals surface area contributed by atoms with E-state index in [-0.39, 0.29) is 11.9 Å². The highest BCUT2D eigenvalue weighted by molar-refractivity contribution is 7.10. The van der Waals surface area contributed by atoms with Gasteiger partial charge < -0.3 is 9.73 Å². The van der Waals surface area contributed by atoms with Crippen molar-refractivity contribution in [2.45, 2.75) is 12.5 Å². The third-order valence-electron chi connectivity index (χ3n) is 4.08. The van der Waals surface area contributed by atoms with Crippen LogP contribution in [0.2, 0.25) is 0 Å². The highest BCUT2D eigenvalue weighted by atomic mass is 32.1. The molecule has 0 spiro atoms. The molecule has 0 aliphatic carbocycles. The molecule has 3 nitrogen and oxygen atoms in total. The molecule has 2 aromatic heterocycles. The molecule has 0 radical (unpaired) electrons. The summed E-state index contributed by atoms with van der Waals surface area (Å²) in [6.07, 6.45) is 0.376. The van der Waals surface area contributed by atoms with Crippen molar-refractivity contribution in [2.75, 3.05) is 0 Å². The number of para-hydroxylation sites is 1. The monoisotopic (exact) mass is 347 g/mol. The zero-order chi connectivity index (χ0) is 17.1. The van der Waals surface area contributed by atoms with Crippen molar-refractivity contribution in [3.63, 3.8) is 0 Å². The van der Waals surface area contributed by atoms with Gasteiger partial charge in [0.2, 0.25) is 5.91 Å². The number of carbonyl (C=O) groups is 1. The lowest BCUT2D eigenvalue weighted by atomic mass is 10.0. The average Bonchev–Trinajstić information content (AvgIpc) is 3.29. The van der Waals surface area contributed by atoms with Gasteiger partial charge in [-0.25, -0.2) is 0 Å². The predicted molar refractivity (Wildman–Crippen MR) is 101 cm³/mol. The molecule has 2 aromatic carbocycles. The van der Waals surface area contributed by atoms with Gasteiger partial charge in [-0.2, -0.15) is 0 Å². The summed E-state index contributed by atoms with van der Waals surface area (Å²) in [6.45, 7) is 0. The summed E-state index contributed by atoms with van der Waals surface area (Å²) in [7, 11) is 0. The number of carbonyl (C=O) groups excluding carboxylic acids is 1. The third kappa shape index (κ3) is 3.49. The van der Waals surface area contributed by atoms with E-state index in [0.29, 0.717) is 6.42 Å². The lowest BCUT2D eigenvalue weighted by molar-refractivity contribution is -0.121. The Labute approximate surface area is 149 Å². The smallest absolute Gasteiger partial charge is 0.226 e. The van der Waals surface area contributed by atoms with Crippen LogP contribution in [0.25, 0.3) is 11.0 Å². The van der Waals surface area contributed by atoms with E-state index in [1.165, 1.54) is 0 Å². The van der Waals surface area contributed by atoms with E-state index in [9.17, 15) is 4.79 Å². The second-order valence-electron chi connectivity index (χ2n) is 5.85. The zero-order valence-corrected chi connectivity index (χ0v) is 14.3. The topological polar surface area (TPSA) is 42.2 Å². The van der Waals surface area contributed by atoms with Gasteiger partial charge in [0.05, 0.1) is 6.42 Å². The molecule has 0 saturated heterocycles. The van der Waals surface area contributed by atoms with Crippen LogP contribution in [0.15, 0.2) is 82.6 Å². The largest absolute Gasteiger partial charge is 0.459 e. The summed E-state index contributed by atoms with van der Waals surface area (Å²) in [5.74, 6) is 0.726. The van der Waals surface area contributed by atoms with Crippen molar-refractivity contribution in [1.82, 2.24) is 5.32 Å². The molecule has 0 fully saturated rings. The van der Waals surface area contributed by atoms with Crippen molar-refractivity contribution in [1.29, 1.82) is 0 Å². The Bertz CT molecular complexity index is 940. The number of rotatable bonds is 5. The predicted octanol–water partition coefficient (Wildman–Crippen LogP) is 4.94. The summed E-state index contributed by atoms with van der Waals surface area (Å²) in [5.41, 5.74) is 1.83. The van der Waals surface area contributed by atoms with Crippen molar-refractivity contribution in [2.24, 2.45) is 0 Å². The first-order valence-electron chi connectivity index (χ1n) is 8.15. The van der Waals surface area contributed by atoms with Gasteiger partial charge >= 0.3 is 0 Å². The normalized spacial score (nSPS) is 12.2. The van der Waals surface area contributed by atoms with E-state index in [4.69, 9.17) is 4.42 Å². The van der Waals surface area contributed by atoms with Crippen molar-refractivity contribution in [3.8, 4) is 0 Å². The maximum Gasteiger partial charge on any atom is 0.226 e. The zero-order valence-electron chi connectivity index (χ0n) is 13.5. The molecule has 1 unspecified atom stereocenters. The molecule has 0 aliphatic heterocycles. The van der Waals surface area contributed by atoms with Gasteiger partial charge in [-0.05, 0) is 29.1 Å². The van der Waals surface area contributed by atoms with E-state index >= 15 is 0 Å². The maximum atomic E-state index is 12.5. The van der Waals surface area contributed by atoms with Gasteiger partial charge in [0.25, 0.3) is 0 Å². The lowest BCUT2D eigenvalue weighted by Crippen LogP contribution is -2.30. The first-order valence-corrected chi connectivity index (χ1v) is 9.03. The van der Waals surface area contributed by atoms with Crippen LogP contribution in [-0.4, -0.2) is 5.91 Å². The molecule has 4 aromatic rings. The summed E-state index contributed by atoms with van der Waals surface area (Å²) in [4.78, 5) is 13.6. The van der Waals surface area contributed by atoms with Crippen LogP contribution in [-0.2, 0) is 11.2 Å². The number of thiophene rings is 1. The molecule has 1 atom stereocenters. The first-order chi connectivity index (χ1) is 12.3. The fourth-order valence-corrected chi connectivity index (χ4v) is 3.60. The first kappa shape index (κ1) is 15.7. The van der Waals surface area contributed by atoms with Crippen LogP contribution in [0.1, 0.15) is 22.2 Å².